The van der Waals surface area contributed by atoms with Crippen molar-refractivity contribution < 1.29 is 14.3 Å². The van der Waals surface area contributed by atoms with Gasteiger partial charge in [0.05, 0.1) is 10.8 Å². The van der Waals surface area contributed by atoms with Gasteiger partial charge >= 0.3 is 0 Å². The Bertz CT molecular complexity index is 654. The van der Waals surface area contributed by atoms with Gasteiger partial charge in [0, 0.05) is 28.4 Å². The third-order valence-electron chi connectivity index (χ3n) is 2.91. The zero-order valence-corrected chi connectivity index (χ0v) is 14.5. The fourth-order valence-electron chi connectivity index (χ4n) is 2.04. The van der Waals surface area contributed by atoms with E-state index in [1.54, 1.807) is 36.0 Å². The highest BCUT2D eigenvalue weighted by atomic mass is 32.2. The molecule has 0 N–H and O–H groups in total. The molecule has 1 aliphatic rings. The van der Waals surface area contributed by atoms with Crippen LogP contribution in [-0.4, -0.2) is 27.1 Å². The molecular weight excluding hydrogens is 316 g/mol. The predicted molar refractivity (Wildman–Crippen MR) is 93.7 cm³/mol. The van der Waals surface area contributed by atoms with Gasteiger partial charge in [-0.2, -0.15) is 0 Å². The molecule has 0 bridgehead atoms. The van der Waals surface area contributed by atoms with E-state index in [0.29, 0.717) is 24.2 Å². The Morgan fingerprint density at radius 2 is 1.82 bits per heavy atom. The van der Waals surface area contributed by atoms with Gasteiger partial charge in [0.25, 0.3) is 0 Å². The second-order valence-electron chi connectivity index (χ2n) is 5.93. The van der Waals surface area contributed by atoms with E-state index in [9.17, 15) is 9.59 Å². The van der Waals surface area contributed by atoms with E-state index >= 15 is 0 Å². The molecule has 0 saturated carbocycles. The Morgan fingerprint density at radius 3 is 2.45 bits per heavy atom. The van der Waals surface area contributed by atoms with Crippen LogP contribution in [0.2, 0.25) is 0 Å². The molecule has 116 valence electrons. The number of thiocarbonyl (C=S) groups is 1. The molecule has 0 fully saturated rings. The zero-order chi connectivity index (χ0) is 16.3. The van der Waals surface area contributed by atoms with Crippen molar-refractivity contribution in [2.24, 2.45) is 0 Å². The predicted octanol–water partition coefficient (Wildman–Crippen LogP) is 4.22. The number of fused-ring (bicyclic) bond motifs is 1. The maximum Gasteiger partial charge on any atom is 0.228 e. The first-order valence-electron chi connectivity index (χ1n) is 7.02. The fraction of sp³-hybridized carbons (Fsp3) is 0.353. The van der Waals surface area contributed by atoms with Gasteiger partial charge < -0.3 is 4.74 Å². The lowest BCUT2D eigenvalue weighted by Crippen LogP contribution is -2.19. The molecule has 0 aromatic heterocycles. The van der Waals surface area contributed by atoms with E-state index in [1.165, 1.54) is 6.08 Å². The number of ether oxygens (including phenoxy) is 1. The summed E-state index contributed by atoms with van der Waals surface area (Å²) >= 11 is 6.91. The number of benzene rings is 1. The van der Waals surface area contributed by atoms with Crippen molar-refractivity contribution in [3.8, 4) is 0 Å². The lowest BCUT2D eigenvalue weighted by molar-refractivity contribution is 0.0888. The molecule has 3 nitrogen and oxygen atoms in total. The molecule has 0 unspecified atom stereocenters. The third-order valence-corrected chi connectivity index (χ3v) is 4.41. The molecule has 0 aliphatic heterocycles. The Morgan fingerprint density at radius 1 is 1.18 bits per heavy atom. The molecule has 0 spiro atoms. The summed E-state index contributed by atoms with van der Waals surface area (Å²) in [5, 5.41) is 0. The standard InChI is InChI=1S/C17H18O3S2/c1-17(2,3)22-15(21)8-9-20-14-10-13(18)11-6-4-5-7-12(11)16(14)19/h4-7,10H,8-9H2,1-3H3. The van der Waals surface area contributed by atoms with E-state index in [0.717, 1.165) is 4.20 Å². The van der Waals surface area contributed by atoms with Gasteiger partial charge in [-0.15, -0.1) is 11.8 Å². The highest BCUT2D eigenvalue weighted by Crippen LogP contribution is 2.27. The molecular formula is C17H18O3S2. The molecule has 1 aliphatic carbocycles. The van der Waals surface area contributed by atoms with Crippen LogP contribution in [0.1, 0.15) is 47.9 Å². The molecule has 0 amide bonds. The van der Waals surface area contributed by atoms with Crippen LogP contribution < -0.4 is 0 Å². The van der Waals surface area contributed by atoms with Crippen molar-refractivity contribution in [3.05, 3.63) is 47.2 Å². The van der Waals surface area contributed by atoms with Crippen LogP contribution in [-0.2, 0) is 4.74 Å². The topological polar surface area (TPSA) is 43.4 Å². The fourth-order valence-corrected chi connectivity index (χ4v) is 3.74. The summed E-state index contributed by atoms with van der Waals surface area (Å²) in [6.07, 6.45) is 1.84. The Kier molecular flexibility index (Phi) is 5.19. The van der Waals surface area contributed by atoms with Crippen molar-refractivity contribution in [3.63, 3.8) is 0 Å². The van der Waals surface area contributed by atoms with Crippen LogP contribution in [0.15, 0.2) is 36.1 Å². The van der Waals surface area contributed by atoms with Gasteiger partial charge in [0.1, 0.15) is 0 Å². The quantitative estimate of drug-likeness (QED) is 0.772. The summed E-state index contributed by atoms with van der Waals surface area (Å²) in [4.78, 5) is 24.3. The first-order chi connectivity index (χ1) is 10.3. The van der Waals surface area contributed by atoms with Crippen LogP contribution in [0, 0.1) is 0 Å². The van der Waals surface area contributed by atoms with Crippen LogP contribution in [0.3, 0.4) is 0 Å². The molecule has 0 atom stereocenters. The minimum atomic E-state index is -0.246. The van der Waals surface area contributed by atoms with Crippen LogP contribution >= 0.6 is 24.0 Å². The summed E-state index contributed by atoms with van der Waals surface area (Å²) in [6, 6.07) is 6.78. The minimum Gasteiger partial charge on any atom is -0.489 e. The summed E-state index contributed by atoms with van der Waals surface area (Å²) in [5.41, 5.74) is 0.829. The van der Waals surface area contributed by atoms with Crippen LogP contribution in [0.4, 0.5) is 0 Å². The lowest BCUT2D eigenvalue weighted by Gasteiger charge is -2.19. The normalized spacial score (nSPS) is 14.4. The number of rotatable bonds is 4. The molecule has 0 saturated heterocycles. The monoisotopic (exact) mass is 334 g/mol. The summed E-state index contributed by atoms with van der Waals surface area (Å²) in [7, 11) is 0. The second kappa shape index (κ2) is 6.75. The zero-order valence-electron chi connectivity index (χ0n) is 12.8. The second-order valence-corrected chi connectivity index (χ2v) is 8.61. The van der Waals surface area contributed by atoms with Gasteiger partial charge in [-0.05, 0) is 0 Å². The van der Waals surface area contributed by atoms with Crippen molar-refractivity contribution in [1.82, 2.24) is 0 Å². The van der Waals surface area contributed by atoms with Crippen molar-refractivity contribution in [2.45, 2.75) is 31.9 Å². The van der Waals surface area contributed by atoms with Crippen molar-refractivity contribution in [1.29, 1.82) is 0 Å². The van der Waals surface area contributed by atoms with E-state index in [-0.39, 0.29) is 22.1 Å². The Labute approximate surface area is 140 Å². The van der Waals surface area contributed by atoms with E-state index in [4.69, 9.17) is 17.0 Å². The van der Waals surface area contributed by atoms with Gasteiger partial charge in [-0.25, -0.2) is 0 Å². The summed E-state index contributed by atoms with van der Waals surface area (Å²) in [6.45, 7) is 6.57. The van der Waals surface area contributed by atoms with Crippen molar-refractivity contribution >= 4 is 39.7 Å². The number of thioether (sulfide) groups is 1. The van der Waals surface area contributed by atoms with Crippen molar-refractivity contribution in [2.75, 3.05) is 6.61 Å². The average Bonchev–Trinajstić information content (AvgIpc) is 2.42. The third kappa shape index (κ3) is 4.27. The Hall–Kier alpha value is -1.46. The highest BCUT2D eigenvalue weighted by molar-refractivity contribution is 8.23. The van der Waals surface area contributed by atoms with E-state index in [2.05, 4.69) is 20.8 Å². The first kappa shape index (κ1) is 16.9. The minimum absolute atomic E-state index is 0.0614. The molecule has 0 heterocycles. The maximum atomic E-state index is 12.3. The van der Waals surface area contributed by atoms with Gasteiger partial charge in [-0.3, -0.25) is 9.59 Å². The van der Waals surface area contributed by atoms with Crippen LogP contribution in [0.25, 0.3) is 0 Å². The van der Waals surface area contributed by atoms with E-state index in [1.807, 2.05) is 0 Å². The maximum absolute atomic E-state index is 12.3. The number of allylic oxidation sites excluding steroid dienone is 2. The molecule has 5 heteroatoms. The number of hydrogen-bond donors (Lipinski definition) is 0. The SMILES string of the molecule is CC(C)(C)SC(=S)CCOC1=CC(=O)c2ccccc2C1=O. The van der Waals surface area contributed by atoms with Gasteiger partial charge in [0.2, 0.25) is 5.78 Å². The largest absolute Gasteiger partial charge is 0.489 e. The summed E-state index contributed by atoms with van der Waals surface area (Å²) in [5.74, 6) is -0.339. The van der Waals surface area contributed by atoms with Gasteiger partial charge in [-0.1, -0.05) is 57.3 Å². The van der Waals surface area contributed by atoms with Gasteiger partial charge in [0.15, 0.2) is 11.5 Å². The lowest BCUT2D eigenvalue weighted by atomic mass is 9.94. The number of carbonyl (C=O) groups excluding carboxylic acids is 2. The number of hydrogen-bond acceptors (Lipinski definition) is 5. The first-order valence-corrected chi connectivity index (χ1v) is 8.25. The molecule has 2 rings (SSSR count). The van der Waals surface area contributed by atoms with Crippen LogP contribution in [0.5, 0.6) is 0 Å². The highest BCUT2D eigenvalue weighted by Gasteiger charge is 2.26. The molecule has 22 heavy (non-hydrogen) atoms. The number of Topliss-reactive ketones (excluding diaryl/α,β-unsaturated/α-hetero) is 1. The smallest absolute Gasteiger partial charge is 0.228 e. The van der Waals surface area contributed by atoms with E-state index < -0.39 is 0 Å². The summed E-state index contributed by atoms with van der Waals surface area (Å²) < 4.78 is 6.40. The molecule has 1 aromatic carbocycles. The molecule has 1 aromatic rings. The molecule has 0 radical (unpaired) electrons. The Balaban J connectivity index is 1.96. The number of carbonyl (C=O) groups is 2. The average molecular weight is 334 g/mol. The number of ketones is 2.